The summed E-state index contributed by atoms with van der Waals surface area (Å²) in [7, 11) is 1.33. The van der Waals surface area contributed by atoms with Gasteiger partial charge in [-0.05, 0) is 47.8 Å². The monoisotopic (exact) mass is 398 g/mol. The van der Waals surface area contributed by atoms with Crippen molar-refractivity contribution in [3.8, 4) is 0 Å². The van der Waals surface area contributed by atoms with Gasteiger partial charge in [0.15, 0.2) is 0 Å². The second-order valence-corrected chi connectivity index (χ2v) is 6.97. The van der Waals surface area contributed by atoms with Crippen molar-refractivity contribution in [2.75, 3.05) is 7.11 Å². The first-order valence-electron chi connectivity index (χ1n) is 7.63. The average Bonchev–Trinajstić information content (AvgIpc) is 2.54. The van der Waals surface area contributed by atoms with Crippen LogP contribution in [0.3, 0.4) is 0 Å². The van der Waals surface area contributed by atoms with Crippen molar-refractivity contribution < 1.29 is 19.2 Å². The van der Waals surface area contributed by atoms with Gasteiger partial charge in [-0.3, -0.25) is 19.7 Å². The fraction of sp³-hybridized carbons (Fsp3) is 0.500. The van der Waals surface area contributed by atoms with E-state index < -0.39 is 22.3 Å². The third kappa shape index (κ3) is 3.75. The van der Waals surface area contributed by atoms with Gasteiger partial charge in [-0.15, -0.1) is 0 Å². The highest BCUT2D eigenvalue weighted by Crippen LogP contribution is 2.35. The van der Waals surface area contributed by atoms with Crippen molar-refractivity contribution in [3.63, 3.8) is 0 Å². The smallest absolute Gasteiger partial charge is 0.311 e. The number of carbonyl (C=O) groups is 2. The summed E-state index contributed by atoms with van der Waals surface area (Å²) in [5.74, 6) is -1.21. The Balaban J connectivity index is 2.25. The SMILES string of the molecule is COC(=O)[C@@H]1CCCC[C@@]1(C)NC(=O)c1ccc(Br)c([N+](=O)[O-])c1. The van der Waals surface area contributed by atoms with E-state index in [1.807, 2.05) is 6.92 Å². The number of nitrogens with zero attached hydrogens (tertiary/aromatic N) is 1. The van der Waals surface area contributed by atoms with E-state index in [0.717, 1.165) is 12.8 Å². The molecule has 2 rings (SSSR count). The van der Waals surface area contributed by atoms with Crippen LogP contribution in [-0.4, -0.2) is 29.4 Å². The minimum atomic E-state index is -0.732. The highest BCUT2D eigenvalue weighted by atomic mass is 79.9. The summed E-state index contributed by atoms with van der Waals surface area (Å²) in [5, 5.41) is 13.9. The molecule has 7 nitrogen and oxygen atoms in total. The van der Waals surface area contributed by atoms with E-state index in [4.69, 9.17) is 4.74 Å². The zero-order chi connectivity index (χ0) is 17.9. The highest BCUT2D eigenvalue weighted by Gasteiger charge is 2.43. The molecule has 0 radical (unpaired) electrons. The lowest BCUT2D eigenvalue weighted by Gasteiger charge is -2.40. The van der Waals surface area contributed by atoms with Crippen LogP contribution in [0.25, 0.3) is 0 Å². The zero-order valence-electron chi connectivity index (χ0n) is 13.5. The molecule has 0 bridgehead atoms. The third-order valence-electron chi connectivity index (χ3n) is 4.50. The van der Waals surface area contributed by atoms with Gasteiger partial charge in [-0.2, -0.15) is 0 Å². The molecule has 130 valence electrons. The van der Waals surface area contributed by atoms with Crippen molar-refractivity contribution in [1.82, 2.24) is 5.32 Å². The Morgan fingerprint density at radius 1 is 1.42 bits per heavy atom. The summed E-state index contributed by atoms with van der Waals surface area (Å²) in [6, 6.07) is 4.19. The molecule has 0 unspecified atom stereocenters. The molecule has 2 atom stereocenters. The first-order chi connectivity index (χ1) is 11.3. The van der Waals surface area contributed by atoms with E-state index in [1.165, 1.54) is 25.3 Å². The predicted octanol–water partition coefficient (Wildman–Crippen LogP) is 3.21. The Kier molecular flexibility index (Phi) is 5.58. The molecule has 1 aliphatic carbocycles. The number of esters is 1. The number of amides is 1. The highest BCUT2D eigenvalue weighted by molar-refractivity contribution is 9.10. The van der Waals surface area contributed by atoms with Crippen molar-refractivity contribution in [3.05, 3.63) is 38.3 Å². The standard InChI is InChI=1S/C16H19BrN2O5/c1-16(8-4-3-5-11(16)15(21)24-2)18-14(20)10-6-7-12(17)13(9-10)19(22)23/h6-7,9,11H,3-5,8H2,1-2H3,(H,18,20)/t11-,16+/m0/s1. The molecular formula is C16H19BrN2O5. The van der Waals surface area contributed by atoms with Gasteiger partial charge in [0.1, 0.15) is 0 Å². The lowest BCUT2D eigenvalue weighted by molar-refractivity contribution is -0.385. The molecule has 24 heavy (non-hydrogen) atoms. The molecule has 1 fully saturated rings. The van der Waals surface area contributed by atoms with Crippen LogP contribution in [0, 0.1) is 16.0 Å². The van der Waals surface area contributed by atoms with Crippen LogP contribution >= 0.6 is 15.9 Å². The summed E-state index contributed by atoms with van der Waals surface area (Å²) in [4.78, 5) is 35.0. The second kappa shape index (κ2) is 7.29. The molecule has 1 N–H and O–H groups in total. The van der Waals surface area contributed by atoms with Crippen molar-refractivity contribution >= 4 is 33.5 Å². The number of ether oxygens (including phenoxy) is 1. The molecule has 0 saturated heterocycles. The number of rotatable bonds is 4. The molecule has 0 aromatic heterocycles. The van der Waals surface area contributed by atoms with Crippen LogP contribution in [0.1, 0.15) is 43.0 Å². The van der Waals surface area contributed by atoms with Gasteiger partial charge in [0.05, 0.1) is 28.0 Å². The molecule has 0 heterocycles. The summed E-state index contributed by atoms with van der Waals surface area (Å²) in [5.41, 5.74) is -0.731. The summed E-state index contributed by atoms with van der Waals surface area (Å²) in [6.07, 6.45) is 3.08. The second-order valence-electron chi connectivity index (χ2n) is 6.12. The Morgan fingerprint density at radius 2 is 2.12 bits per heavy atom. The first kappa shape index (κ1) is 18.4. The molecule has 8 heteroatoms. The molecule has 0 aliphatic heterocycles. The Bertz CT molecular complexity index is 678. The minimum Gasteiger partial charge on any atom is -0.469 e. The maximum absolute atomic E-state index is 12.6. The maximum Gasteiger partial charge on any atom is 0.311 e. The van der Waals surface area contributed by atoms with E-state index in [-0.39, 0.29) is 17.2 Å². The summed E-state index contributed by atoms with van der Waals surface area (Å²) >= 11 is 3.09. The normalized spacial score (nSPS) is 23.4. The zero-order valence-corrected chi connectivity index (χ0v) is 15.1. The van der Waals surface area contributed by atoms with E-state index in [1.54, 1.807) is 0 Å². The fourth-order valence-corrected chi connectivity index (χ4v) is 3.52. The van der Waals surface area contributed by atoms with Crippen molar-refractivity contribution in [2.24, 2.45) is 5.92 Å². The quantitative estimate of drug-likeness (QED) is 0.476. The van der Waals surface area contributed by atoms with E-state index >= 15 is 0 Å². The van der Waals surface area contributed by atoms with Gasteiger partial charge in [-0.25, -0.2) is 0 Å². The number of hydrogen-bond acceptors (Lipinski definition) is 5. The number of nitrogens with one attached hydrogen (secondary N) is 1. The number of methoxy groups -OCH3 is 1. The van der Waals surface area contributed by atoms with Gasteiger partial charge in [0, 0.05) is 11.6 Å². The summed E-state index contributed by atoms with van der Waals surface area (Å²) < 4.78 is 5.16. The van der Waals surface area contributed by atoms with Crippen LogP contribution < -0.4 is 5.32 Å². The number of nitro benzene ring substituents is 1. The van der Waals surface area contributed by atoms with Crippen LogP contribution in [0.15, 0.2) is 22.7 Å². The van der Waals surface area contributed by atoms with E-state index in [0.29, 0.717) is 17.3 Å². The van der Waals surface area contributed by atoms with Gasteiger partial charge < -0.3 is 10.1 Å². The molecule has 1 aromatic rings. The first-order valence-corrected chi connectivity index (χ1v) is 8.42. The van der Waals surface area contributed by atoms with Gasteiger partial charge in [-0.1, -0.05) is 12.8 Å². The topological polar surface area (TPSA) is 98.5 Å². The molecular weight excluding hydrogens is 380 g/mol. The molecule has 1 aliphatic rings. The molecule has 1 saturated carbocycles. The number of benzene rings is 1. The van der Waals surface area contributed by atoms with Crippen LogP contribution in [0.5, 0.6) is 0 Å². The third-order valence-corrected chi connectivity index (χ3v) is 5.17. The largest absolute Gasteiger partial charge is 0.469 e. The average molecular weight is 399 g/mol. The Hall–Kier alpha value is -1.96. The van der Waals surface area contributed by atoms with Crippen molar-refractivity contribution in [1.29, 1.82) is 0 Å². The van der Waals surface area contributed by atoms with Crippen LogP contribution in [0.4, 0.5) is 5.69 Å². The molecule has 1 aromatic carbocycles. The number of carbonyl (C=O) groups excluding carboxylic acids is 2. The lowest BCUT2D eigenvalue weighted by Crippen LogP contribution is -2.55. The molecule has 1 amide bonds. The number of halogens is 1. The predicted molar refractivity (Wildman–Crippen MR) is 90.6 cm³/mol. The fourth-order valence-electron chi connectivity index (χ4n) is 3.13. The number of hydrogen-bond donors (Lipinski definition) is 1. The van der Waals surface area contributed by atoms with Crippen LogP contribution in [0.2, 0.25) is 0 Å². The van der Waals surface area contributed by atoms with Crippen molar-refractivity contribution in [2.45, 2.75) is 38.1 Å². The van der Waals surface area contributed by atoms with Gasteiger partial charge in [0.25, 0.3) is 11.6 Å². The maximum atomic E-state index is 12.6. The number of nitro groups is 1. The van der Waals surface area contributed by atoms with Gasteiger partial charge >= 0.3 is 5.97 Å². The van der Waals surface area contributed by atoms with Crippen LogP contribution in [-0.2, 0) is 9.53 Å². The molecule has 0 spiro atoms. The van der Waals surface area contributed by atoms with E-state index in [9.17, 15) is 19.7 Å². The Morgan fingerprint density at radius 3 is 2.75 bits per heavy atom. The van der Waals surface area contributed by atoms with E-state index in [2.05, 4.69) is 21.2 Å². The van der Waals surface area contributed by atoms with Gasteiger partial charge in [0.2, 0.25) is 0 Å². The lowest BCUT2D eigenvalue weighted by atomic mass is 9.73. The Labute approximate surface area is 148 Å². The summed E-state index contributed by atoms with van der Waals surface area (Å²) in [6.45, 7) is 1.82. The minimum absolute atomic E-state index is 0.180.